The molecule has 3 rings (SSSR count). The Kier molecular flexibility index (Phi) is 5.05. The highest BCUT2D eigenvalue weighted by molar-refractivity contribution is 7.11. The van der Waals surface area contributed by atoms with E-state index >= 15 is 0 Å². The van der Waals surface area contributed by atoms with Gasteiger partial charge in [-0.15, -0.1) is 11.3 Å². The highest BCUT2D eigenvalue weighted by atomic mass is 32.1. The minimum absolute atomic E-state index is 0.0729. The number of piperazine rings is 1. The highest BCUT2D eigenvalue weighted by Gasteiger charge is 2.25. The van der Waals surface area contributed by atoms with Gasteiger partial charge in [0.1, 0.15) is 11.2 Å². The van der Waals surface area contributed by atoms with Crippen LogP contribution in [0.25, 0.3) is 6.08 Å². The van der Waals surface area contributed by atoms with E-state index in [1.54, 1.807) is 5.51 Å². The van der Waals surface area contributed by atoms with Crippen LogP contribution in [0.5, 0.6) is 0 Å². The van der Waals surface area contributed by atoms with Gasteiger partial charge in [-0.3, -0.25) is 9.59 Å². The lowest BCUT2D eigenvalue weighted by Gasteiger charge is -2.36. The van der Waals surface area contributed by atoms with E-state index in [-0.39, 0.29) is 5.91 Å². The van der Waals surface area contributed by atoms with Crippen molar-refractivity contribution in [2.24, 2.45) is 0 Å². The zero-order chi connectivity index (χ0) is 16.9. The molecule has 24 heavy (non-hydrogen) atoms. The largest absolute Gasteiger partial charge is 0.367 e. The zero-order valence-electron chi connectivity index (χ0n) is 13.5. The van der Waals surface area contributed by atoms with Crippen LogP contribution < -0.4 is 4.90 Å². The van der Waals surface area contributed by atoms with Crippen molar-refractivity contribution in [1.82, 2.24) is 9.88 Å². The number of para-hydroxylation sites is 1. The molecule has 1 aromatic carbocycles. The van der Waals surface area contributed by atoms with Gasteiger partial charge in [-0.1, -0.05) is 18.2 Å². The summed E-state index contributed by atoms with van der Waals surface area (Å²) in [7, 11) is 0. The van der Waals surface area contributed by atoms with E-state index < -0.39 is 0 Å². The summed E-state index contributed by atoms with van der Waals surface area (Å²) in [6.07, 6.45) is 4.11. The first-order chi connectivity index (χ1) is 11.7. The third-order valence-corrected chi connectivity index (χ3v) is 5.05. The number of carbonyl (C=O) groups excluding carboxylic acids is 2. The lowest BCUT2D eigenvalue weighted by Crippen LogP contribution is -2.49. The molecule has 0 radical (unpaired) electrons. The molecule has 1 aromatic heterocycles. The number of benzene rings is 1. The molecule has 1 saturated heterocycles. The van der Waals surface area contributed by atoms with E-state index in [1.807, 2.05) is 36.1 Å². The van der Waals surface area contributed by atoms with Gasteiger partial charge in [0.15, 0.2) is 0 Å². The van der Waals surface area contributed by atoms with E-state index in [0.717, 1.165) is 41.2 Å². The van der Waals surface area contributed by atoms with Crippen molar-refractivity contribution >= 4 is 35.3 Å². The van der Waals surface area contributed by atoms with Crippen LogP contribution in [0.3, 0.4) is 0 Å². The molecule has 0 N–H and O–H groups in total. The summed E-state index contributed by atoms with van der Waals surface area (Å²) in [6.45, 7) is 4.78. The first kappa shape index (κ1) is 16.4. The Labute approximate surface area is 145 Å². The molecule has 0 unspecified atom stereocenters. The lowest BCUT2D eigenvalue weighted by molar-refractivity contribution is -0.104. The van der Waals surface area contributed by atoms with Crippen LogP contribution in [0.2, 0.25) is 0 Å². The molecule has 0 aliphatic carbocycles. The van der Waals surface area contributed by atoms with Crippen molar-refractivity contribution in [3.63, 3.8) is 0 Å². The van der Waals surface area contributed by atoms with E-state index in [4.69, 9.17) is 0 Å². The van der Waals surface area contributed by atoms with Gasteiger partial charge in [0.2, 0.25) is 0 Å². The Morgan fingerprint density at radius 1 is 1.21 bits per heavy atom. The van der Waals surface area contributed by atoms with E-state index in [0.29, 0.717) is 13.1 Å². The summed E-state index contributed by atoms with van der Waals surface area (Å²) < 4.78 is 0. The molecule has 0 spiro atoms. The van der Waals surface area contributed by atoms with Crippen LogP contribution in [-0.4, -0.2) is 48.3 Å². The first-order valence-corrected chi connectivity index (χ1v) is 8.74. The highest BCUT2D eigenvalue weighted by Crippen LogP contribution is 2.24. The summed E-state index contributed by atoms with van der Waals surface area (Å²) in [6, 6.07) is 7.99. The Morgan fingerprint density at radius 3 is 2.62 bits per heavy atom. The van der Waals surface area contributed by atoms with Gasteiger partial charge in [-0.2, -0.15) is 0 Å². The molecule has 124 valence electrons. The molecular weight excluding hydrogens is 322 g/mol. The van der Waals surface area contributed by atoms with Gasteiger partial charge in [-0.05, 0) is 30.7 Å². The van der Waals surface area contributed by atoms with Crippen molar-refractivity contribution in [2.75, 3.05) is 31.1 Å². The molecule has 0 bridgehead atoms. The number of allylic oxidation sites excluding steroid dienone is 1. The van der Waals surface area contributed by atoms with Crippen molar-refractivity contribution < 1.29 is 9.59 Å². The van der Waals surface area contributed by atoms with Gasteiger partial charge >= 0.3 is 0 Å². The SMILES string of the molecule is Cc1ncsc1C(=O)N1CCN(c2ccccc2/C=C/C=O)CC1. The summed E-state index contributed by atoms with van der Waals surface area (Å²) in [5.74, 6) is 0.0729. The van der Waals surface area contributed by atoms with E-state index in [9.17, 15) is 9.59 Å². The zero-order valence-corrected chi connectivity index (χ0v) is 14.3. The van der Waals surface area contributed by atoms with Crippen LogP contribution in [0.4, 0.5) is 5.69 Å². The molecule has 1 amide bonds. The molecule has 1 aliphatic rings. The minimum atomic E-state index is 0.0729. The minimum Gasteiger partial charge on any atom is -0.367 e. The smallest absolute Gasteiger partial charge is 0.265 e. The maximum Gasteiger partial charge on any atom is 0.265 e. The molecule has 2 aromatic rings. The Morgan fingerprint density at radius 2 is 1.96 bits per heavy atom. The van der Waals surface area contributed by atoms with Gasteiger partial charge in [0.05, 0.1) is 11.2 Å². The quantitative estimate of drug-likeness (QED) is 0.634. The van der Waals surface area contributed by atoms with Gasteiger partial charge in [0.25, 0.3) is 5.91 Å². The second-order valence-corrected chi connectivity index (χ2v) is 6.45. The van der Waals surface area contributed by atoms with Crippen LogP contribution in [-0.2, 0) is 4.79 Å². The number of thiazole rings is 1. The molecule has 6 heteroatoms. The Balaban J connectivity index is 1.70. The number of nitrogens with zero attached hydrogens (tertiary/aromatic N) is 3. The summed E-state index contributed by atoms with van der Waals surface area (Å²) in [4.78, 5) is 32.2. The summed E-state index contributed by atoms with van der Waals surface area (Å²) in [5.41, 5.74) is 4.63. The Bertz CT molecular complexity index is 761. The number of aryl methyl sites for hydroxylation is 1. The molecule has 0 atom stereocenters. The molecular formula is C18H19N3O2S. The topological polar surface area (TPSA) is 53.5 Å². The number of carbonyl (C=O) groups is 2. The predicted molar refractivity (Wildman–Crippen MR) is 96.5 cm³/mol. The number of amides is 1. The monoisotopic (exact) mass is 341 g/mol. The van der Waals surface area contributed by atoms with Gasteiger partial charge in [-0.25, -0.2) is 4.98 Å². The summed E-state index contributed by atoms with van der Waals surface area (Å²) >= 11 is 1.40. The number of hydrogen-bond donors (Lipinski definition) is 0. The van der Waals surface area contributed by atoms with Crippen molar-refractivity contribution in [3.05, 3.63) is 52.0 Å². The molecule has 1 aliphatic heterocycles. The maximum absolute atomic E-state index is 12.6. The van der Waals surface area contributed by atoms with Crippen molar-refractivity contribution in [1.29, 1.82) is 0 Å². The van der Waals surface area contributed by atoms with Crippen LogP contribution >= 0.6 is 11.3 Å². The van der Waals surface area contributed by atoms with Gasteiger partial charge in [0, 0.05) is 31.9 Å². The average Bonchev–Trinajstić information content (AvgIpc) is 3.06. The maximum atomic E-state index is 12.6. The molecule has 0 saturated carbocycles. The molecule has 1 fully saturated rings. The Hall–Kier alpha value is -2.47. The number of anilines is 1. The fourth-order valence-electron chi connectivity index (χ4n) is 2.86. The number of rotatable bonds is 4. The second kappa shape index (κ2) is 7.40. The average molecular weight is 341 g/mol. The van der Waals surface area contributed by atoms with Crippen LogP contribution in [0.15, 0.2) is 35.9 Å². The van der Waals surface area contributed by atoms with Crippen molar-refractivity contribution in [3.8, 4) is 0 Å². The third kappa shape index (κ3) is 3.38. The normalized spacial score (nSPS) is 15.0. The first-order valence-electron chi connectivity index (χ1n) is 7.86. The van der Waals surface area contributed by atoms with E-state index in [1.165, 1.54) is 17.4 Å². The van der Waals surface area contributed by atoms with Gasteiger partial charge < -0.3 is 9.80 Å². The fourth-order valence-corrected chi connectivity index (χ4v) is 3.63. The number of aldehydes is 1. The number of aromatic nitrogens is 1. The van der Waals surface area contributed by atoms with E-state index in [2.05, 4.69) is 16.0 Å². The fraction of sp³-hybridized carbons (Fsp3) is 0.278. The third-order valence-electron chi connectivity index (χ3n) is 4.14. The van der Waals surface area contributed by atoms with Crippen molar-refractivity contribution in [2.45, 2.75) is 6.92 Å². The second-order valence-electron chi connectivity index (χ2n) is 5.60. The number of hydrogen-bond acceptors (Lipinski definition) is 5. The van der Waals surface area contributed by atoms with Crippen LogP contribution in [0.1, 0.15) is 20.9 Å². The lowest BCUT2D eigenvalue weighted by atomic mass is 10.1. The standard InChI is InChI=1S/C18H19N3O2S/c1-14-17(24-13-19-14)18(23)21-10-8-20(9-11-21)16-7-3-2-5-15(16)6-4-12-22/h2-7,12-13H,8-11H2,1H3/b6-4+. The van der Waals surface area contributed by atoms with Crippen LogP contribution in [0, 0.1) is 6.92 Å². The molecule has 2 heterocycles. The summed E-state index contributed by atoms with van der Waals surface area (Å²) in [5, 5.41) is 0. The predicted octanol–water partition coefficient (Wildman–Crippen LogP) is 2.63. The molecule has 5 nitrogen and oxygen atoms in total.